The molecule has 0 aliphatic rings. The summed E-state index contributed by atoms with van der Waals surface area (Å²) in [5, 5.41) is 4.20. The Balaban J connectivity index is 1.94. The zero-order valence-corrected chi connectivity index (χ0v) is 13.8. The Kier molecular flexibility index (Phi) is 5.69. The first-order chi connectivity index (χ1) is 10.1. The van der Waals surface area contributed by atoms with Crippen LogP contribution in [-0.2, 0) is 6.42 Å². The largest absolute Gasteiger partial charge is 0.383 e. The van der Waals surface area contributed by atoms with Gasteiger partial charge < -0.3 is 5.32 Å². The summed E-state index contributed by atoms with van der Waals surface area (Å²) >= 11 is 6.16. The second-order valence-corrected chi connectivity index (χ2v) is 6.51. The molecule has 2 heteroatoms. The van der Waals surface area contributed by atoms with Crippen molar-refractivity contribution in [2.45, 2.75) is 33.1 Å². The van der Waals surface area contributed by atoms with Crippen molar-refractivity contribution in [1.29, 1.82) is 0 Å². The van der Waals surface area contributed by atoms with E-state index in [4.69, 9.17) is 11.6 Å². The average Bonchev–Trinajstić information content (AvgIpc) is 2.46. The van der Waals surface area contributed by atoms with E-state index in [0.29, 0.717) is 11.8 Å². The summed E-state index contributed by atoms with van der Waals surface area (Å²) in [7, 11) is 0. The van der Waals surface area contributed by atoms with Crippen LogP contribution >= 0.6 is 11.6 Å². The Morgan fingerprint density at radius 1 is 0.952 bits per heavy atom. The summed E-state index contributed by atoms with van der Waals surface area (Å²) in [5.41, 5.74) is 3.78. The maximum absolute atomic E-state index is 6.16. The topological polar surface area (TPSA) is 12.0 Å². The molecule has 2 rings (SSSR count). The quantitative estimate of drug-likeness (QED) is 0.716. The monoisotopic (exact) mass is 301 g/mol. The number of hydrogen-bond donors (Lipinski definition) is 1. The lowest BCUT2D eigenvalue weighted by Crippen LogP contribution is -2.10. The lowest BCUT2D eigenvalue weighted by Gasteiger charge is -2.15. The van der Waals surface area contributed by atoms with Gasteiger partial charge in [0.1, 0.15) is 0 Å². The Bertz CT molecular complexity index is 560. The predicted octanol–water partition coefficient (Wildman–Crippen LogP) is 5.75. The molecule has 0 heterocycles. The first kappa shape index (κ1) is 15.9. The van der Waals surface area contributed by atoms with Gasteiger partial charge in [-0.15, -0.1) is 0 Å². The maximum atomic E-state index is 6.16. The first-order valence-electron chi connectivity index (χ1n) is 7.63. The van der Waals surface area contributed by atoms with Gasteiger partial charge in [0, 0.05) is 6.54 Å². The van der Waals surface area contributed by atoms with Crippen molar-refractivity contribution in [2.24, 2.45) is 5.92 Å². The van der Waals surface area contributed by atoms with E-state index in [1.165, 1.54) is 11.1 Å². The van der Waals surface area contributed by atoms with E-state index in [0.717, 1.165) is 23.7 Å². The fraction of sp³-hybridized carbons (Fsp3) is 0.368. The van der Waals surface area contributed by atoms with E-state index < -0.39 is 0 Å². The molecule has 0 saturated carbocycles. The molecular weight excluding hydrogens is 278 g/mol. The summed E-state index contributed by atoms with van der Waals surface area (Å²) in [5.74, 6) is 1.16. The van der Waals surface area contributed by atoms with Gasteiger partial charge in [-0.1, -0.05) is 68.8 Å². The molecule has 0 aliphatic heterocycles. The van der Waals surface area contributed by atoms with Crippen LogP contribution in [-0.4, -0.2) is 6.54 Å². The number of hydrogen-bond acceptors (Lipinski definition) is 1. The molecule has 112 valence electrons. The van der Waals surface area contributed by atoms with Crippen molar-refractivity contribution >= 4 is 17.3 Å². The summed E-state index contributed by atoms with van der Waals surface area (Å²) in [6.07, 6.45) is 1.15. The summed E-state index contributed by atoms with van der Waals surface area (Å²) in [4.78, 5) is 0. The SMILES string of the molecule is CC(C)Cc1ccc(C(C)CNc2ccccc2Cl)cc1. The van der Waals surface area contributed by atoms with Crippen LogP contribution in [0.5, 0.6) is 0 Å². The zero-order chi connectivity index (χ0) is 15.2. The predicted molar refractivity (Wildman–Crippen MR) is 93.3 cm³/mol. The molecule has 0 saturated heterocycles. The molecule has 0 radical (unpaired) electrons. The molecule has 2 aromatic carbocycles. The van der Waals surface area contributed by atoms with Crippen molar-refractivity contribution in [1.82, 2.24) is 0 Å². The lowest BCUT2D eigenvalue weighted by atomic mass is 9.97. The average molecular weight is 302 g/mol. The fourth-order valence-electron chi connectivity index (χ4n) is 2.44. The highest BCUT2D eigenvalue weighted by Crippen LogP contribution is 2.23. The van der Waals surface area contributed by atoms with Gasteiger partial charge in [0.25, 0.3) is 0 Å². The van der Waals surface area contributed by atoms with E-state index in [1.807, 2.05) is 24.3 Å². The highest BCUT2D eigenvalue weighted by Gasteiger charge is 2.07. The first-order valence-corrected chi connectivity index (χ1v) is 8.01. The summed E-state index contributed by atoms with van der Waals surface area (Å²) in [6.45, 7) is 7.63. The van der Waals surface area contributed by atoms with Crippen LogP contribution in [0.1, 0.15) is 37.8 Å². The lowest BCUT2D eigenvalue weighted by molar-refractivity contribution is 0.647. The molecule has 0 aliphatic carbocycles. The molecule has 0 fully saturated rings. The van der Waals surface area contributed by atoms with Crippen molar-refractivity contribution < 1.29 is 0 Å². The Morgan fingerprint density at radius 3 is 2.24 bits per heavy atom. The van der Waals surface area contributed by atoms with Crippen molar-refractivity contribution in [3.05, 3.63) is 64.7 Å². The molecular formula is C19H24ClN. The molecule has 0 bridgehead atoms. The summed E-state index contributed by atoms with van der Waals surface area (Å²) < 4.78 is 0. The number of para-hydroxylation sites is 1. The van der Waals surface area contributed by atoms with Crippen LogP contribution in [0, 0.1) is 5.92 Å². The second kappa shape index (κ2) is 7.51. The Hall–Kier alpha value is -1.47. The standard InChI is InChI=1S/C19H24ClN/c1-14(2)12-16-8-10-17(11-9-16)15(3)13-21-19-7-5-4-6-18(19)20/h4-11,14-15,21H,12-13H2,1-3H3. The molecule has 21 heavy (non-hydrogen) atoms. The molecule has 1 unspecified atom stereocenters. The van der Waals surface area contributed by atoms with Gasteiger partial charge >= 0.3 is 0 Å². The van der Waals surface area contributed by atoms with Crippen molar-refractivity contribution in [3.63, 3.8) is 0 Å². The molecule has 1 nitrogen and oxygen atoms in total. The van der Waals surface area contributed by atoms with Crippen LogP contribution in [0.3, 0.4) is 0 Å². The van der Waals surface area contributed by atoms with E-state index in [2.05, 4.69) is 50.4 Å². The molecule has 1 atom stereocenters. The van der Waals surface area contributed by atoms with E-state index in [-0.39, 0.29) is 0 Å². The van der Waals surface area contributed by atoms with E-state index in [9.17, 15) is 0 Å². The van der Waals surface area contributed by atoms with Gasteiger partial charge in [0.2, 0.25) is 0 Å². The Labute approximate surface area is 133 Å². The highest BCUT2D eigenvalue weighted by atomic mass is 35.5. The number of benzene rings is 2. The number of rotatable bonds is 6. The van der Waals surface area contributed by atoms with Gasteiger partial charge in [-0.25, -0.2) is 0 Å². The Morgan fingerprint density at radius 2 is 1.62 bits per heavy atom. The minimum Gasteiger partial charge on any atom is -0.383 e. The third-order valence-corrected chi connectivity index (χ3v) is 3.99. The van der Waals surface area contributed by atoms with Gasteiger partial charge in [-0.3, -0.25) is 0 Å². The van der Waals surface area contributed by atoms with Gasteiger partial charge in [0.15, 0.2) is 0 Å². The van der Waals surface area contributed by atoms with Crippen LogP contribution in [0.4, 0.5) is 5.69 Å². The molecule has 0 amide bonds. The fourth-order valence-corrected chi connectivity index (χ4v) is 2.64. The van der Waals surface area contributed by atoms with E-state index in [1.54, 1.807) is 0 Å². The smallest absolute Gasteiger partial charge is 0.0637 e. The van der Waals surface area contributed by atoms with Crippen LogP contribution in [0.15, 0.2) is 48.5 Å². The normalized spacial score (nSPS) is 12.4. The van der Waals surface area contributed by atoms with E-state index >= 15 is 0 Å². The number of halogens is 1. The number of anilines is 1. The van der Waals surface area contributed by atoms with Crippen molar-refractivity contribution in [3.8, 4) is 0 Å². The molecule has 1 N–H and O–H groups in total. The second-order valence-electron chi connectivity index (χ2n) is 6.10. The van der Waals surface area contributed by atoms with Crippen LogP contribution in [0.25, 0.3) is 0 Å². The highest BCUT2D eigenvalue weighted by molar-refractivity contribution is 6.33. The zero-order valence-electron chi connectivity index (χ0n) is 13.1. The van der Waals surface area contributed by atoms with Crippen LogP contribution < -0.4 is 5.32 Å². The molecule has 0 aromatic heterocycles. The minimum atomic E-state index is 0.453. The molecule has 2 aromatic rings. The summed E-state index contributed by atoms with van der Waals surface area (Å²) in [6, 6.07) is 16.9. The van der Waals surface area contributed by atoms with Crippen molar-refractivity contribution in [2.75, 3.05) is 11.9 Å². The van der Waals surface area contributed by atoms with Crippen LogP contribution in [0.2, 0.25) is 5.02 Å². The third kappa shape index (κ3) is 4.78. The van der Waals surface area contributed by atoms with Gasteiger partial charge in [-0.2, -0.15) is 0 Å². The third-order valence-electron chi connectivity index (χ3n) is 3.67. The van der Waals surface area contributed by atoms with Gasteiger partial charge in [0.05, 0.1) is 10.7 Å². The molecule has 0 spiro atoms. The minimum absolute atomic E-state index is 0.453. The maximum Gasteiger partial charge on any atom is 0.0637 e. The van der Waals surface area contributed by atoms with Gasteiger partial charge in [-0.05, 0) is 41.5 Å². The number of nitrogens with one attached hydrogen (secondary N) is 1.